The van der Waals surface area contributed by atoms with Crippen LogP contribution in [0.15, 0.2) is 65.1 Å². The number of hydrogen-bond donors (Lipinski definition) is 3. The molecule has 2 atom stereocenters. The van der Waals surface area contributed by atoms with Gasteiger partial charge in [0.25, 0.3) is 5.91 Å². The third-order valence-electron chi connectivity index (χ3n) is 6.01. The van der Waals surface area contributed by atoms with E-state index in [-0.39, 0.29) is 30.9 Å². The normalized spacial score (nSPS) is 12.7. The van der Waals surface area contributed by atoms with Crippen LogP contribution in [0, 0.1) is 18.6 Å². The molecule has 3 N–H and O–H groups in total. The Morgan fingerprint density at radius 2 is 1.73 bits per heavy atom. The minimum atomic E-state index is -1.03. The molecule has 1 heterocycles. The van der Waals surface area contributed by atoms with Gasteiger partial charge in [0.15, 0.2) is 11.5 Å². The van der Waals surface area contributed by atoms with Gasteiger partial charge in [0.1, 0.15) is 17.2 Å². The van der Waals surface area contributed by atoms with E-state index in [0.717, 1.165) is 18.1 Å². The number of nitrogens with zero attached hydrogens (tertiary/aromatic N) is 1. The number of aliphatic hydroxyl groups is 1. The molecule has 0 unspecified atom stereocenters. The highest BCUT2D eigenvalue weighted by atomic mass is 35.5. The molecule has 0 saturated carbocycles. The van der Waals surface area contributed by atoms with Gasteiger partial charge in [-0.1, -0.05) is 37.3 Å². The number of halogens is 3. The van der Waals surface area contributed by atoms with Crippen molar-refractivity contribution < 1.29 is 23.1 Å². The molecule has 196 valence electrons. The van der Waals surface area contributed by atoms with Crippen molar-refractivity contribution in [3.8, 4) is 0 Å². The molecule has 4 aromatic rings. The summed E-state index contributed by atoms with van der Waals surface area (Å²) in [5.41, 5.74) is 3.78. The molecular formula is C28H30ClF2N3O3. The summed E-state index contributed by atoms with van der Waals surface area (Å²) in [5.74, 6) is -1.48. The minimum absolute atomic E-state index is 0. The van der Waals surface area contributed by atoms with Crippen molar-refractivity contribution in [2.75, 3.05) is 6.54 Å². The van der Waals surface area contributed by atoms with Gasteiger partial charge >= 0.3 is 0 Å². The van der Waals surface area contributed by atoms with E-state index in [4.69, 9.17) is 4.42 Å². The van der Waals surface area contributed by atoms with E-state index in [1.165, 1.54) is 17.7 Å². The number of oxazole rings is 1. The van der Waals surface area contributed by atoms with Gasteiger partial charge in [-0.15, -0.1) is 12.4 Å². The van der Waals surface area contributed by atoms with E-state index in [1.807, 2.05) is 12.1 Å². The van der Waals surface area contributed by atoms with Gasteiger partial charge in [-0.2, -0.15) is 0 Å². The summed E-state index contributed by atoms with van der Waals surface area (Å²) in [6, 6.07) is 15.5. The fourth-order valence-corrected chi connectivity index (χ4v) is 4.22. The van der Waals surface area contributed by atoms with Crippen LogP contribution in [0.3, 0.4) is 0 Å². The van der Waals surface area contributed by atoms with E-state index < -0.39 is 29.7 Å². The van der Waals surface area contributed by atoms with Crippen LogP contribution in [0.4, 0.5) is 8.78 Å². The molecule has 37 heavy (non-hydrogen) atoms. The van der Waals surface area contributed by atoms with Crippen LogP contribution in [0.5, 0.6) is 0 Å². The zero-order valence-electron chi connectivity index (χ0n) is 20.6. The number of benzene rings is 3. The second-order valence-electron chi connectivity index (χ2n) is 8.82. The molecule has 4 rings (SSSR count). The molecule has 0 radical (unpaired) electrons. The van der Waals surface area contributed by atoms with Crippen LogP contribution in [0.1, 0.15) is 39.9 Å². The van der Waals surface area contributed by atoms with Crippen molar-refractivity contribution >= 4 is 29.4 Å². The number of nitrogens with one attached hydrogen (secondary N) is 2. The van der Waals surface area contributed by atoms with Gasteiger partial charge in [0.05, 0.1) is 17.7 Å². The first-order valence-corrected chi connectivity index (χ1v) is 11.9. The predicted molar refractivity (Wildman–Crippen MR) is 141 cm³/mol. The van der Waals surface area contributed by atoms with E-state index in [2.05, 4.69) is 34.7 Å². The number of aliphatic hydroxyl groups excluding tert-OH is 1. The standard InChI is InChI=1S/C28H29F2N3O3.ClH/c1-3-18-6-4-7-19(10-18)15-31-16-25(34)24(13-20-11-21(29)14-22(30)12-20)33-28(35)23-8-5-9-26-27(23)32-17(2)36-26;/h4-12,14,24-25,31,34H,3,13,15-16H2,1-2H3,(H,33,35);1H/t24-,25-;/m0./s1. The molecule has 0 bridgehead atoms. The number of aryl methyl sites for hydroxylation is 2. The Hall–Kier alpha value is -3.33. The van der Waals surface area contributed by atoms with Gasteiger partial charge in [-0.05, 0) is 53.8 Å². The maximum Gasteiger partial charge on any atom is 0.253 e. The van der Waals surface area contributed by atoms with Crippen LogP contribution in [-0.4, -0.2) is 34.7 Å². The van der Waals surface area contributed by atoms with E-state index in [0.29, 0.717) is 29.1 Å². The molecular weight excluding hydrogens is 500 g/mol. The second kappa shape index (κ2) is 12.8. The third-order valence-corrected chi connectivity index (χ3v) is 6.01. The molecule has 0 saturated heterocycles. The van der Waals surface area contributed by atoms with Gasteiger partial charge in [0.2, 0.25) is 0 Å². The summed E-state index contributed by atoms with van der Waals surface area (Å²) in [6.07, 6.45) is -0.0810. The van der Waals surface area contributed by atoms with Gasteiger partial charge in [-0.3, -0.25) is 4.79 Å². The summed E-state index contributed by atoms with van der Waals surface area (Å²) in [4.78, 5) is 17.5. The number of hydrogen-bond acceptors (Lipinski definition) is 5. The lowest BCUT2D eigenvalue weighted by molar-refractivity contribution is 0.0831. The maximum atomic E-state index is 13.8. The largest absolute Gasteiger partial charge is 0.441 e. The Morgan fingerprint density at radius 3 is 2.46 bits per heavy atom. The molecule has 0 spiro atoms. The Balaban J connectivity index is 0.00000380. The van der Waals surface area contributed by atoms with Crippen molar-refractivity contribution in [2.24, 2.45) is 0 Å². The Labute approximate surface area is 220 Å². The summed E-state index contributed by atoms with van der Waals surface area (Å²) >= 11 is 0. The fourth-order valence-electron chi connectivity index (χ4n) is 4.22. The van der Waals surface area contributed by atoms with Crippen molar-refractivity contribution in [1.82, 2.24) is 15.6 Å². The van der Waals surface area contributed by atoms with Gasteiger partial charge in [-0.25, -0.2) is 13.8 Å². The van der Waals surface area contributed by atoms with Crippen LogP contribution < -0.4 is 10.6 Å². The second-order valence-corrected chi connectivity index (χ2v) is 8.82. The van der Waals surface area contributed by atoms with E-state index >= 15 is 0 Å². The molecule has 0 aliphatic heterocycles. The molecule has 0 fully saturated rings. The number of fused-ring (bicyclic) bond motifs is 1. The lowest BCUT2D eigenvalue weighted by atomic mass is 9.99. The Morgan fingerprint density at radius 1 is 1.03 bits per heavy atom. The first kappa shape index (κ1) is 28.2. The molecule has 3 aromatic carbocycles. The number of amides is 1. The quantitative estimate of drug-likeness (QED) is 0.272. The lowest BCUT2D eigenvalue weighted by Crippen LogP contribution is -2.48. The third kappa shape index (κ3) is 7.35. The minimum Gasteiger partial charge on any atom is -0.441 e. The molecule has 0 aliphatic carbocycles. The lowest BCUT2D eigenvalue weighted by Gasteiger charge is -2.25. The predicted octanol–water partition coefficient (Wildman–Crippen LogP) is 4.89. The zero-order chi connectivity index (χ0) is 25.7. The average Bonchev–Trinajstić information content (AvgIpc) is 3.23. The number of carbonyl (C=O) groups excluding carboxylic acids is 1. The van der Waals surface area contributed by atoms with Crippen molar-refractivity contribution in [2.45, 2.75) is 45.4 Å². The number of rotatable bonds is 10. The first-order chi connectivity index (χ1) is 17.3. The summed E-state index contributed by atoms with van der Waals surface area (Å²) in [6.45, 7) is 4.46. The summed E-state index contributed by atoms with van der Waals surface area (Å²) in [7, 11) is 0. The maximum absolute atomic E-state index is 13.8. The van der Waals surface area contributed by atoms with E-state index in [1.54, 1.807) is 25.1 Å². The SMILES string of the molecule is CCc1cccc(CNC[C@H](O)[C@H](Cc2cc(F)cc(F)c2)NC(=O)c2cccc3oc(C)nc23)c1.Cl. The van der Waals surface area contributed by atoms with Gasteiger partial charge in [0, 0.05) is 26.1 Å². The average molecular weight is 530 g/mol. The monoisotopic (exact) mass is 529 g/mol. The topological polar surface area (TPSA) is 87.4 Å². The van der Waals surface area contributed by atoms with Gasteiger partial charge < -0.3 is 20.2 Å². The highest BCUT2D eigenvalue weighted by Crippen LogP contribution is 2.20. The van der Waals surface area contributed by atoms with E-state index in [9.17, 15) is 18.7 Å². The van der Waals surface area contributed by atoms with Crippen LogP contribution in [0.2, 0.25) is 0 Å². The fraction of sp³-hybridized carbons (Fsp3) is 0.286. The highest BCUT2D eigenvalue weighted by Gasteiger charge is 2.24. The molecule has 9 heteroatoms. The number of aromatic nitrogens is 1. The number of carbonyl (C=O) groups is 1. The smallest absolute Gasteiger partial charge is 0.253 e. The molecule has 1 aromatic heterocycles. The molecule has 6 nitrogen and oxygen atoms in total. The summed E-state index contributed by atoms with van der Waals surface area (Å²) < 4.78 is 33.1. The van der Waals surface area contributed by atoms with Crippen LogP contribution in [-0.2, 0) is 19.4 Å². The number of para-hydroxylation sites is 1. The van der Waals surface area contributed by atoms with Crippen molar-refractivity contribution in [3.63, 3.8) is 0 Å². The Kier molecular flexibility index (Phi) is 9.74. The van der Waals surface area contributed by atoms with Crippen LogP contribution in [0.25, 0.3) is 11.1 Å². The van der Waals surface area contributed by atoms with Crippen molar-refractivity contribution in [1.29, 1.82) is 0 Å². The van der Waals surface area contributed by atoms with Crippen LogP contribution >= 0.6 is 12.4 Å². The first-order valence-electron chi connectivity index (χ1n) is 11.9. The molecule has 1 amide bonds. The summed E-state index contributed by atoms with van der Waals surface area (Å²) in [5, 5.41) is 17.0. The zero-order valence-corrected chi connectivity index (χ0v) is 21.4. The highest BCUT2D eigenvalue weighted by molar-refractivity contribution is 6.04. The molecule has 0 aliphatic rings. The Bertz CT molecular complexity index is 1340. The van der Waals surface area contributed by atoms with Crippen molar-refractivity contribution in [3.05, 3.63) is 100 Å².